The molecule has 0 aromatic carbocycles. The first-order valence-electron chi connectivity index (χ1n) is 5.71. The van der Waals surface area contributed by atoms with Gasteiger partial charge in [0.25, 0.3) is 0 Å². The molecule has 102 valence electrons. The maximum absolute atomic E-state index is 13.0. The second-order valence-electron chi connectivity index (χ2n) is 4.19. The molecule has 19 heavy (non-hydrogen) atoms. The molecule has 6 nitrogen and oxygen atoms in total. The largest absolute Gasteiger partial charge is 0.260 e. The van der Waals surface area contributed by atoms with Crippen LogP contribution in [0, 0.1) is 5.82 Å². The molecule has 1 saturated heterocycles. The first-order chi connectivity index (χ1) is 9.04. The molecule has 1 aromatic heterocycles. The van der Waals surface area contributed by atoms with Crippen LogP contribution in [0.2, 0.25) is 0 Å². The number of pyridine rings is 1. The molecule has 0 N–H and O–H groups in total. The third kappa shape index (κ3) is 3.04. The minimum Gasteiger partial charge on any atom is -0.260 e. The molecule has 2 rings (SSSR count). The van der Waals surface area contributed by atoms with Gasteiger partial charge in [-0.05, 0) is 18.9 Å². The van der Waals surface area contributed by atoms with E-state index in [1.54, 1.807) is 0 Å². The Bertz CT molecular complexity index is 605. The quantitative estimate of drug-likeness (QED) is 0.605. The summed E-state index contributed by atoms with van der Waals surface area (Å²) >= 11 is 0. The van der Waals surface area contributed by atoms with Crippen LogP contribution in [0.15, 0.2) is 28.3 Å². The summed E-state index contributed by atoms with van der Waals surface area (Å²) in [5.41, 5.74) is 0. The number of halogens is 1. The number of hydrogen-bond donors (Lipinski definition) is 0. The van der Waals surface area contributed by atoms with Crippen LogP contribution in [0.5, 0.6) is 0 Å². The lowest BCUT2D eigenvalue weighted by atomic mass is 10.1. The van der Waals surface area contributed by atoms with E-state index in [4.69, 9.17) is 0 Å². The zero-order valence-electron chi connectivity index (χ0n) is 9.99. The standard InChI is InChI=1S/C11H12FN3O3S/c12-9-5-11(7-13-6-9)19(17,18)15-3-1-10(2-4-15)14-8-16/h5-7,10H,1-4H2. The van der Waals surface area contributed by atoms with Crippen LogP contribution >= 0.6 is 0 Å². The molecule has 0 bridgehead atoms. The van der Waals surface area contributed by atoms with Gasteiger partial charge in [0.2, 0.25) is 16.1 Å². The van der Waals surface area contributed by atoms with Crippen molar-refractivity contribution in [2.75, 3.05) is 13.1 Å². The summed E-state index contributed by atoms with van der Waals surface area (Å²) in [7, 11) is -3.73. The summed E-state index contributed by atoms with van der Waals surface area (Å²) in [6, 6.07) is 0.757. The van der Waals surface area contributed by atoms with Gasteiger partial charge in [0.05, 0.1) is 12.2 Å². The topological polar surface area (TPSA) is 79.7 Å². The van der Waals surface area contributed by atoms with E-state index >= 15 is 0 Å². The van der Waals surface area contributed by atoms with E-state index in [9.17, 15) is 17.6 Å². The first kappa shape index (κ1) is 13.8. The van der Waals surface area contributed by atoms with E-state index in [1.807, 2.05) is 0 Å². The number of sulfonamides is 1. The second-order valence-corrected chi connectivity index (χ2v) is 6.13. The smallest absolute Gasteiger partial charge is 0.244 e. The van der Waals surface area contributed by atoms with Crippen molar-refractivity contribution >= 4 is 16.1 Å². The van der Waals surface area contributed by atoms with Crippen LogP contribution in [0.25, 0.3) is 0 Å². The van der Waals surface area contributed by atoms with Gasteiger partial charge < -0.3 is 0 Å². The highest BCUT2D eigenvalue weighted by Crippen LogP contribution is 2.21. The van der Waals surface area contributed by atoms with Crippen LogP contribution in [0.1, 0.15) is 12.8 Å². The Morgan fingerprint density at radius 2 is 2.05 bits per heavy atom. The van der Waals surface area contributed by atoms with Gasteiger partial charge in [-0.1, -0.05) is 0 Å². The monoisotopic (exact) mass is 285 g/mol. The van der Waals surface area contributed by atoms with Crippen molar-refractivity contribution in [2.24, 2.45) is 4.99 Å². The number of rotatable bonds is 3. The molecule has 1 aliphatic heterocycles. The Kier molecular flexibility index (Phi) is 4.04. The lowest BCUT2D eigenvalue weighted by molar-refractivity contribution is 0.320. The average Bonchev–Trinajstić information content (AvgIpc) is 2.40. The van der Waals surface area contributed by atoms with Gasteiger partial charge in [0.1, 0.15) is 10.7 Å². The second kappa shape index (κ2) is 5.56. The number of nitrogens with zero attached hydrogens (tertiary/aromatic N) is 3. The van der Waals surface area contributed by atoms with E-state index < -0.39 is 15.8 Å². The number of aromatic nitrogens is 1. The molecular formula is C11H12FN3O3S. The Morgan fingerprint density at radius 1 is 1.37 bits per heavy atom. The van der Waals surface area contributed by atoms with Gasteiger partial charge in [-0.3, -0.25) is 4.98 Å². The number of hydrogen-bond acceptors (Lipinski definition) is 5. The van der Waals surface area contributed by atoms with E-state index in [0.717, 1.165) is 18.5 Å². The highest BCUT2D eigenvalue weighted by molar-refractivity contribution is 7.89. The van der Waals surface area contributed by atoms with Crippen LogP contribution in [0.3, 0.4) is 0 Å². The fourth-order valence-electron chi connectivity index (χ4n) is 1.97. The van der Waals surface area contributed by atoms with Crippen molar-refractivity contribution in [3.05, 3.63) is 24.3 Å². The van der Waals surface area contributed by atoms with Crippen molar-refractivity contribution in [1.82, 2.24) is 9.29 Å². The summed E-state index contributed by atoms with van der Waals surface area (Å²) in [5, 5.41) is 0. The van der Waals surface area contributed by atoms with E-state index in [-0.39, 0.29) is 24.0 Å². The third-order valence-corrected chi connectivity index (χ3v) is 4.84. The first-order valence-corrected chi connectivity index (χ1v) is 7.16. The van der Waals surface area contributed by atoms with Crippen molar-refractivity contribution in [3.63, 3.8) is 0 Å². The minimum atomic E-state index is -3.73. The Hall–Kier alpha value is -1.63. The summed E-state index contributed by atoms with van der Waals surface area (Å²) in [5.74, 6) is -0.693. The van der Waals surface area contributed by atoms with Gasteiger partial charge in [-0.25, -0.2) is 22.6 Å². The van der Waals surface area contributed by atoms with Gasteiger partial charge in [0.15, 0.2) is 0 Å². The fraction of sp³-hybridized carbons (Fsp3) is 0.455. The molecule has 0 saturated carbocycles. The molecule has 1 aromatic rings. The molecule has 1 fully saturated rings. The van der Waals surface area contributed by atoms with E-state index in [0.29, 0.717) is 12.8 Å². The van der Waals surface area contributed by atoms with E-state index in [1.165, 1.54) is 10.4 Å². The van der Waals surface area contributed by atoms with Crippen LogP contribution in [-0.2, 0) is 14.8 Å². The van der Waals surface area contributed by atoms with Crippen molar-refractivity contribution in [3.8, 4) is 0 Å². The zero-order valence-corrected chi connectivity index (χ0v) is 10.8. The molecule has 0 spiro atoms. The molecule has 2 heterocycles. The number of aliphatic imine (C=N–C) groups is 1. The predicted octanol–water partition coefficient (Wildman–Crippen LogP) is 0.710. The maximum atomic E-state index is 13.0. The summed E-state index contributed by atoms with van der Waals surface area (Å²) in [6.07, 6.45) is 4.46. The van der Waals surface area contributed by atoms with Gasteiger partial charge in [0, 0.05) is 19.3 Å². The number of piperidine rings is 1. The fourth-order valence-corrected chi connectivity index (χ4v) is 3.41. The summed E-state index contributed by atoms with van der Waals surface area (Å²) in [4.78, 5) is 17.1. The Labute approximate surface area is 110 Å². The highest BCUT2D eigenvalue weighted by Gasteiger charge is 2.29. The molecule has 0 amide bonds. The molecular weight excluding hydrogens is 273 g/mol. The average molecular weight is 285 g/mol. The predicted molar refractivity (Wildman–Crippen MR) is 64.1 cm³/mol. The van der Waals surface area contributed by atoms with Crippen molar-refractivity contribution in [2.45, 2.75) is 23.8 Å². The van der Waals surface area contributed by atoms with Crippen molar-refractivity contribution in [1.29, 1.82) is 0 Å². The van der Waals surface area contributed by atoms with Crippen LogP contribution in [0.4, 0.5) is 4.39 Å². The molecule has 0 radical (unpaired) electrons. The molecule has 1 aliphatic rings. The van der Waals surface area contributed by atoms with Crippen molar-refractivity contribution < 1.29 is 17.6 Å². The molecule has 0 aliphatic carbocycles. The highest BCUT2D eigenvalue weighted by atomic mass is 32.2. The minimum absolute atomic E-state index is 0.162. The SMILES string of the molecule is O=C=NC1CCN(S(=O)(=O)c2cncc(F)c2)CC1. The zero-order chi connectivity index (χ0) is 13.9. The Morgan fingerprint density at radius 3 is 2.63 bits per heavy atom. The Balaban J connectivity index is 2.16. The summed E-state index contributed by atoms with van der Waals surface area (Å²) in [6.45, 7) is 0.489. The van der Waals surface area contributed by atoms with Gasteiger partial charge in [-0.15, -0.1) is 0 Å². The third-order valence-electron chi connectivity index (χ3n) is 2.98. The lowest BCUT2D eigenvalue weighted by Crippen LogP contribution is -2.39. The summed E-state index contributed by atoms with van der Waals surface area (Å²) < 4.78 is 38.7. The molecule has 0 unspecified atom stereocenters. The molecule has 8 heteroatoms. The maximum Gasteiger partial charge on any atom is 0.244 e. The van der Waals surface area contributed by atoms with Crippen LogP contribution in [-0.4, -0.2) is 42.9 Å². The normalized spacial score (nSPS) is 17.9. The molecule has 0 atom stereocenters. The van der Waals surface area contributed by atoms with Crippen LogP contribution < -0.4 is 0 Å². The number of carbonyl (C=O) groups excluding carboxylic acids is 1. The van der Waals surface area contributed by atoms with E-state index in [2.05, 4.69) is 9.98 Å². The lowest BCUT2D eigenvalue weighted by Gasteiger charge is -2.28. The van der Waals surface area contributed by atoms with Gasteiger partial charge in [-0.2, -0.15) is 4.31 Å². The number of isocyanates is 1. The van der Waals surface area contributed by atoms with Gasteiger partial charge >= 0.3 is 0 Å².